The smallest absolute Gasteiger partial charge is 0.410 e. The standard InChI is InChI=1S/C30H44N4O6S/c1-5-24-18-26(28(36)19-27(24)35)31-41(38,39)25-8-6-22(7-9-25)20-32-14-16-33(17-15-32)21-23-10-12-34(13-11-23)29(37)40-30(2,3)4/h6-9,18-19,23,31,35-36H,5,10-17,20-21H2,1-4H3. The maximum Gasteiger partial charge on any atom is 0.410 e. The number of hydrogen-bond donors (Lipinski definition) is 3. The molecule has 41 heavy (non-hydrogen) atoms. The van der Waals surface area contributed by atoms with Crippen LogP contribution in [0.25, 0.3) is 0 Å². The number of benzene rings is 2. The average Bonchev–Trinajstić information content (AvgIpc) is 2.91. The van der Waals surface area contributed by atoms with Crippen LogP contribution in [0, 0.1) is 5.92 Å². The van der Waals surface area contributed by atoms with Gasteiger partial charge in [0.1, 0.15) is 17.1 Å². The molecule has 3 N–H and O–H groups in total. The van der Waals surface area contributed by atoms with Gasteiger partial charge < -0.3 is 24.7 Å². The Morgan fingerprint density at radius 3 is 2.15 bits per heavy atom. The minimum atomic E-state index is -3.90. The number of rotatable bonds is 8. The summed E-state index contributed by atoms with van der Waals surface area (Å²) in [7, 11) is -3.90. The Balaban J connectivity index is 1.22. The zero-order valence-corrected chi connectivity index (χ0v) is 25.4. The molecule has 0 aromatic heterocycles. The predicted octanol–water partition coefficient (Wildman–Crippen LogP) is 4.23. The number of hydrogen-bond acceptors (Lipinski definition) is 8. The van der Waals surface area contributed by atoms with Gasteiger partial charge in [-0.15, -0.1) is 0 Å². The van der Waals surface area contributed by atoms with Crippen molar-refractivity contribution in [3.63, 3.8) is 0 Å². The number of aromatic hydroxyl groups is 2. The van der Waals surface area contributed by atoms with Crippen LogP contribution in [0.2, 0.25) is 0 Å². The molecule has 2 aliphatic heterocycles. The molecule has 2 aromatic carbocycles. The molecular formula is C30H44N4O6S. The molecule has 2 saturated heterocycles. The van der Waals surface area contributed by atoms with Crippen molar-refractivity contribution >= 4 is 21.8 Å². The summed E-state index contributed by atoms with van der Waals surface area (Å²) in [6.07, 6.45) is 2.28. The summed E-state index contributed by atoms with van der Waals surface area (Å²) in [4.78, 5) is 19.1. The van der Waals surface area contributed by atoms with E-state index in [-0.39, 0.29) is 28.2 Å². The van der Waals surface area contributed by atoms with Crippen molar-refractivity contribution in [2.45, 2.75) is 64.0 Å². The molecule has 0 radical (unpaired) electrons. The molecule has 0 atom stereocenters. The zero-order valence-electron chi connectivity index (χ0n) is 24.6. The molecule has 10 nitrogen and oxygen atoms in total. The minimum Gasteiger partial charge on any atom is -0.508 e. The third-order valence-corrected chi connectivity index (χ3v) is 9.09. The molecule has 226 valence electrons. The highest BCUT2D eigenvalue weighted by atomic mass is 32.2. The Bertz CT molecular complexity index is 1290. The van der Waals surface area contributed by atoms with Gasteiger partial charge in [-0.25, -0.2) is 13.2 Å². The van der Waals surface area contributed by atoms with E-state index in [1.807, 2.05) is 44.7 Å². The number of likely N-dealkylation sites (tertiary alicyclic amines) is 1. The van der Waals surface area contributed by atoms with Gasteiger partial charge in [-0.2, -0.15) is 0 Å². The van der Waals surface area contributed by atoms with Crippen molar-refractivity contribution in [2.24, 2.45) is 5.92 Å². The first kappa shape index (κ1) is 30.9. The van der Waals surface area contributed by atoms with E-state index in [4.69, 9.17) is 4.74 Å². The van der Waals surface area contributed by atoms with Crippen LogP contribution >= 0.6 is 0 Å². The van der Waals surface area contributed by atoms with Gasteiger partial charge >= 0.3 is 6.09 Å². The lowest BCUT2D eigenvalue weighted by Gasteiger charge is -2.39. The third kappa shape index (κ3) is 8.50. The predicted molar refractivity (Wildman–Crippen MR) is 159 cm³/mol. The van der Waals surface area contributed by atoms with Crippen molar-refractivity contribution < 1.29 is 28.2 Å². The van der Waals surface area contributed by atoms with Crippen molar-refractivity contribution in [1.29, 1.82) is 0 Å². The number of aryl methyl sites for hydroxylation is 1. The van der Waals surface area contributed by atoms with Crippen LogP contribution in [0.3, 0.4) is 0 Å². The summed E-state index contributed by atoms with van der Waals surface area (Å²) in [5.41, 5.74) is 1.14. The van der Waals surface area contributed by atoms with E-state index < -0.39 is 15.6 Å². The van der Waals surface area contributed by atoms with Crippen LogP contribution in [-0.2, 0) is 27.7 Å². The van der Waals surface area contributed by atoms with E-state index in [0.29, 0.717) is 17.9 Å². The van der Waals surface area contributed by atoms with Crippen molar-refractivity contribution in [2.75, 3.05) is 50.5 Å². The Morgan fingerprint density at radius 2 is 1.56 bits per heavy atom. The Kier molecular flexibility index (Phi) is 9.71. The Hall–Kier alpha value is -3.02. The maximum atomic E-state index is 12.9. The van der Waals surface area contributed by atoms with Gasteiger partial charge in [0, 0.05) is 58.4 Å². The molecule has 2 aliphatic rings. The normalized spacial score (nSPS) is 17.9. The fraction of sp³-hybridized carbons (Fsp3) is 0.567. The lowest BCUT2D eigenvalue weighted by Crippen LogP contribution is -2.49. The summed E-state index contributed by atoms with van der Waals surface area (Å²) in [6, 6.07) is 9.41. The lowest BCUT2D eigenvalue weighted by molar-refractivity contribution is 0.0159. The molecule has 4 rings (SSSR count). The maximum absolute atomic E-state index is 12.9. The summed E-state index contributed by atoms with van der Waals surface area (Å²) in [5.74, 6) is 0.185. The topological polar surface area (TPSA) is 123 Å². The Morgan fingerprint density at radius 1 is 0.951 bits per heavy atom. The van der Waals surface area contributed by atoms with Crippen molar-refractivity contribution in [1.82, 2.24) is 14.7 Å². The van der Waals surface area contributed by atoms with E-state index in [1.165, 1.54) is 6.07 Å². The fourth-order valence-electron chi connectivity index (χ4n) is 5.34. The summed E-state index contributed by atoms with van der Waals surface area (Å²) in [5, 5.41) is 20.0. The van der Waals surface area contributed by atoms with Crippen LogP contribution in [-0.4, -0.2) is 90.8 Å². The molecule has 11 heteroatoms. The minimum absolute atomic E-state index is 0.0372. The quantitative estimate of drug-likeness (QED) is 0.310. The van der Waals surface area contributed by atoms with Crippen LogP contribution in [0.4, 0.5) is 10.5 Å². The van der Waals surface area contributed by atoms with Gasteiger partial charge in [-0.3, -0.25) is 9.62 Å². The highest BCUT2D eigenvalue weighted by Gasteiger charge is 2.28. The summed E-state index contributed by atoms with van der Waals surface area (Å²) in [6.45, 7) is 14.7. The van der Waals surface area contributed by atoms with Gasteiger partial charge in [-0.1, -0.05) is 19.1 Å². The molecule has 0 saturated carbocycles. The number of carbonyl (C=O) groups excluding carboxylic acids is 1. The van der Waals surface area contributed by atoms with Gasteiger partial charge in [0.15, 0.2) is 0 Å². The molecule has 0 spiro atoms. The number of piperidine rings is 1. The number of phenols is 2. The van der Waals surface area contributed by atoms with E-state index in [1.54, 1.807) is 12.1 Å². The second-order valence-corrected chi connectivity index (χ2v) is 13.8. The fourth-order valence-corrected chi connectivity index (χ4v) is 6.41. The number of anilines is 1. The monoisotopic (exact) mass is 588 g/mol. The number of phenolic OH excluding ortho intramolecular Hbond substituents is 2. The van der Waals surface area contributed by atoms with Gasteiger partial charge in [0.05, 0.1) is 10.6 Å². The van der Waals surface area contributed by atoms with E-state index in [0.717, 1.165) is 76.8 Å². The first-order chi connectivity index (χ1) is 19.3. The van der Waals surface area contributed by atoms with Crippen LogP contribution in [0.15, 0.2) is 41.3 Å². The van der Waals surface area contributed by atoms with Crippen molar-refractivity contribution in [3.8, 4) is 11.5 Å². The van der Waals surface area contributed by atoms with Crippen LogP contribution in [0.1, 0.15) is 51.7 Å². The molecule has 0 bridgehead atoms. The zero-order chi connectivity index (χ0) is 29.8. The number of amides is 1. The molecular weight excluding hydrogens is 544 g/mol. The number of piperazine rings is 1. The number of nitrogens with zero attached hydrogens (tertiary/aromatic N) is 3. The van der Waals surface area contributed by atoms with Crippen LogP contribution < -0.4 is 4.72 Å². The van der Waals surface area contributed by atoms with Gasteiger partial charge in [0.2, 0.25) is 0 Å². The third-order valence-electron chi connectivity index (χ3n) is 7.71. The lowest BCUT2D eigenvalue weighted by atomic mass is 9.96. The molecule has 1 amide bonds. The SMILES string of the molecule is CCc1cc(NS(=O)(=O)c2ccc(CN3CCN(CC4CCN(C(=O)OC(C)(C)C)CC4)CC3)cc2)c(O)cc1O. The summed E-state index contributed by atoms with van der Waals surface area (Å²) < 4.78 is 33.8. The molecule has 0 unspecified atom stereocenters. The second-order valence-electron chi connectivity index (χ2n) is 12.1. The van der Waals surface area contributed by atoms with E-state index in [2.05, 4.69) is 14.5 Å². The van der Waals surface area contributed by atoms with E-state index >= 15 is 0 Å². The van der Waals surface area contributed by atoms with Crippen LogP contribution in [0.5, 0.6) is 11.5 Å². The first-order valence-electron chi connectivity index (χ1n) is 14.4. The first-order valence-corrected chi connectivity index (χ1v) is 15.9. The largest absolute Gasteiger partial charge is 0.508 e. The van der Waals surface area contributed by atoms with E-state index in [9.17, 15) is 23.4 Å². The Labute approximate surface area is 243 Å². The highest BCUT2D eigenvalue weighted by Crippen LogP contribution is 2.33. The molecule has 2 fully saturated rings. The second kappa shape index (κ2) is 12.9. The molecule has 0 aliphatic carbocycles. The van der Waals surface area contributed by atoms with Crippen molar-refractivity contribution in [3.05, 3.63) is 47.5 Å². The molecule has 2 aromatic rings. The van der Waals surface area contributed by atoms with Gasteiger partial charge in [0.25, 0.3) is 10.0 Å². The highest BCUT2D eigenvalue weighted by molar-refractivity contribution is 7.92. The average molecular weight is 589 g/mol. The number of nitrogens with one attached hydrogen (secondary N) is 1. The number of carbonyl (C=O) groups is 1. The number of sulfonamides is 1. The summed E-state index contributed by atoms with van der Waals surface area (Å²) >= 11 is 0. The molecule has 2 heterocycles. The number of ether oxygens (including phenoxy) is 1. The van der Waals surface area contributed by atoms with Gasteiger partial charge in [-0.05, 0) is 75.3 Å².